The first-order chi connectivity index (χ1) is 14.7. The lowest BCUT2D eigenvalue weighted by atomic mass is 10.2. The Morgan fingerprint density at radius 3 is 2.61 bits per heavy atom. The number of aromatic nitrogens is 2. The van der Waals surface area contributed by atoms with E-state index in [4.69, 9.17) is 0 Å². The van der Waals surface area contributed by atoms with Gasteiger partial charge in [0.15, 0.2) is 5.13 Å². The Morgan fingerprint density at radius 2 is 1.90 bits per heavy atom. The molecule has 0 atom stereocenters. The topological polar surface area (TPSA) is 84.3 Å². The third-order valence-corrected chi connectivity index (χ3v) is 6.42. The zero-order valence-corrected chi connectivity index (χ0v) is 19.0. The van der Waals surface area contributed by atoms with Gasteiger partial charge >= 0.3 is 0 Å². The van der Waals surface area contributed by atoms with E-state index in [0.717, 1.165) is 28.4 Å². The summed E-state index contributed by atoms with van der Waals surface area (Å²) in [4.78, 5) is 19.6. The fraction of sp³-hybridized carbons (Fsp3) is 0.182. The van der Waals surface area contributed by atoms with Crippen molar-refractivity contribution in [2.24, 2.45) is 7.05 Å². The van der Waals surface area contributed by atoms with Crippen LogP contribution in [-0.2, 0) is 23.6 Å². The molecule has 0 fully saturated rings. The number of nitrogens with zero attached hydrogens (tertiary/aromatic N) is 3. The van der Waals surface area contributed by atoms with Crippen LogP contribution in [0.2, 0.25) is 0 Å². The lowest BCUT2D eigenvalue weighted by molar-refractivity contribution is 0.0977. The second-order valence-electron chi connectivity index (χ2n) is 7.35. The second-order valence-corrected chi connectivity index (χ2v) is 10.3. The van der Waals surface area contributed by atoms with Gasteiger partial charge in [0.25, 0.3) is 5.91 Å². The van der Waals surface area contributed by atoms with Gasteiger partial charge in [-0.1, -0.05) is 30.3 Å². The predicted molar refractivity (Wildman–Crippen MR) is 124 cm³/mol. The van der Waals surface area contributed by atoms with E-state index < -0.39 is 15.9 Å². The lowest BCUT2D eigenvalue weighted by Crippen LogP contribution is -2.30. The third kappa shape index (κ3) is 4.62. The van der Waals surface area contributed by atoms with Crippen molar-refractivity contribution in [2.45, 2.75) is 13.5 Å². The molecular weight excluding hydrogens is 432 g/mol. The molecule has 0 aliphatic heterocycles. The Hall–Kier alpha value is -3.17. The molecular formula is C22H22N4O3S2. The number of benzene rings is 2. The first-order valence-electron chi connectivity index (χ1n) is 9.57. The zero-order valence-electron chi connectivity index (χ0n) is 17.4. The number of thiazole rings is 1. The summed E-state index contributed by atoms with van der Waals surface area (Å²) in [5.41, 5.74) is 3.26. The smallest absolute Gasteiger partial charge is 0.284 e. The number of rotatable bonds is 6. The van der Waals surface area contributed by atoms with Gasteiger partial charge in [-0.3, -0.25) is 4.79 Å². The van der Waals surface area contributed by atoms with E-state index in [2.05, 4.69) is 27.8 Å². The van der Waals surface area contributed by atoms with Crippen molar-refractivity contribution in [3.8, 4) is 0 Å². The summed E-state index contributed by atoms with van der Waals surface area (Å²) in [6.45, 7) is 2.32. The number of carbonyl (C=O) groups excluding carboxylic acids is 1. The van der Waals surface area contributed by atoms with Crippen LogP contribution in [0.25, 0.3) is 10.9 Å². The molecule has 4 aromatic rings. The minimum Gasteiger partial charge on any atom is -0.351 e. The van der Waals surface area contributed by atoms with E-state index in [1.54, 1.807) is 6.92 Å². The summed E-state index contributed by atoms with van der Waals surface area (Å²) in [5, 5.41) is 1.72. The molecule has 160 valence electrons. The van der Waals surface area contributed by atoms with Crippen LogP contribution in [0.3, 0.4) is 0 Å². The maximum Gasteiger partial charge on any atom is 0.284 e. The molecule has 1 amide bonds. The maximum absolute atomic E-state index is 12.4. The van der Waals surface area contributed by atoms with E-state index in [1.807, 2.05) is 59.3 Å². The molecule has 31 heavy (non-hydrogen) atoms. The van der Waals surface area contributed by atoms with Crippen LogP contribution in [0.5, 0.6) is 0 Å². The largest absolute Gasteiger partial charge is 0.351 e. The van der Waals surface area contributed by atoms with Gasteiger partial charge in [0.05, 0.1) is 12.8 Å². The summed E-state index contributed by atoms with van der Waals surface area (Å²) < 4.78 is 27.0. The number of nitrogens with one attached hydrogen (secondary N) is 1. The minimum atomic E-state index is -3.67. The molecule has 0 saturated carbocycles. The number of amides is 1. The highest BCUT2D eigenvalue weighted by atomic mass is 32.2. The molecule has 0 bridgehead atoms. The van der Waals surface area contributed by atoms with Crippen LogP contribution in [0.15, 0.2) is 60.8 Å². The van der Waals surface area contributed by atoms with Gasteiger partial charge in [0, 0.05) is 34.7 Å². The Bertz CT molecular complexity index is 1360. The van der Waals surface area contributed by atoms with Crippen molar-refractivity contribution in [3.05, 3.63) is 76.9 Å². The van der Waals surface area contributed by atoms with Gasteiger partial charge < -0.3 is 9.47 Å². The number of aryl methyl sites for hydroxylation is 2. The van der Waals surface area contributed by atoms with Gasteiger partial charge in [0.1, 0.15) is 5.69 Å². The predicted octanol–water partition coefficient (Wildman–Crippen LogP) is 3.97. The molecule has 0 spiro atoms. The molecule has 0 aliphatic carbocycles. The van der Waals surface area contributed by atoms with Gasteiger partial charge in [0.2, 0.25) is 10.0 Å². The van der Waals surface area contributed by atoms with Crippen LogP contribution in [0, 0.1) is 6.92 Å². The lowest BCUT2D eigenvalue weighted by Gasteiger charge is -2.22. The molecule has 2 aromatic heterocycles. The molecule has 1 N–H and O–H groups in total. The van der Waals surface area contributed by atoms with Crippen molar-refractivity contribution in [1.82, 2.24) is 14.3 Å². The Morgan fingerprint density at radius 1 is 1.16 bits per heavy atom. The Kier molecular flexibility index (Phi) is 5.55. The Labute approximate surface area is 185 Å². The quantitative estimate of drug-likeness (QED) is 0.477. The molecule has 0 saturated heterocycles. The minimum absolute atomic E-state index is 0.115. The van der Waals surface area contributed by atoms with Crippen molar-refractivity contribution >= 4 is 49.0 Å². The van der Waals surface area contributed by atoms with Gasteiger partial charge in [-0.25, -0.2) is 18.1 Å². The van der Waals surface area contributed by atoms with Gasteiger partial charge in [-0.15, -0.1) is 11.3 Å². The summed E-state index contributed by atoms with van der Waals surface area (Å²) in [7, 11) is -1.67. The Balaban J connectivity index is 1.77. The zero-order chi connectivity index (χ0) is 22.2. The SMILES string of the molecule is Cc1sc(N(Cc2ccccc2)c2ccc3c(ccn3C)c2)nc1C(=O)NS(C)(=O)=O. The summed E-state index contributed by atoms with van der Waals surface area (Å²) in [6.07, 6.45) is 2.96. The summed E-state index contributed by atoms with van der Waals surface area (Å²) in [5.74, 6) is -0.722. The van der Waals surface area contributed by atoms with E-state index in [-0.39, 0.29) is 5.69 Å². The van der Waals surface area contributed by atoms with E-state index in [9.17, 15) is 13.2 Å². The highest BCUT2D eigenvalue weighted by Gasteiger charge is 2.22. The number of hydrogen-bond acceptors (Lipinski definition) is 6. The number of hydrogen-bond donors (Lipinski definition) is 1. The average Bonchev–Trinajstić information content (AvgIpc) is 3.28. The van der Waals surface area contributed by atoms with Crippen molar-refractivity contribution in [3.63, 3.8) is 0 Å². The molecule has 0 radical (unpaired) electrons. The van der Waals surface area contributed by atoms with Crippen molar-refractivity contribution < 1.29 is 13.2 Å². The monoisotopic (exact) mass is 454 g/mol. The van der Waals surface area contributed by atoms with Crippen LogP contribution >= 0.6 is 11.3 Å². The van der Waals surface area contributed by atoms with Gasteiger partial charge in [-0.2, -0.15) is 0 Å². The first-order valence-corrected chi connectivity index (χ1v) is 12.3. The molecule has 0 aliphatic rings. The van der Waals surface area contributed by atoms with E-state index in [1.165, 1.54) is 11.3 Å². The van der Waals surface area contributed by atoms with Crippen molar-refractivity contribution in [1.29, 1.82) is 0 Å². The van der Waals surface area contributed by atoms with Crippen LogP contribution in [0.1, 0.15) is 20.9 Å². The standard InChI is InChI=1S/C22H22N4O3S2/c1-15-20(21(27)24-31(3,28)29)23-22(30-15)26(14-16-7-5-4-6-8-16)18-9-10-19-17(13-18)11-12-25(19)2/h4-13H,14H2,1-3H3,(H,24,27). The van der Waals surface area contributed by atoms with Crippen LogP contribution < -0.4 is 9.62 Å². The van der Waals surface area contributed by atoms with E-state index in [0.29, 0.717) is 16.6 Å². The normalized spacial score (nSPS) is 11.6. The highest BCUT2D eigenvalue weighted by Crippen LogP contribution is 2.34. The fourth-order valence-electron chi connectivity index (χ4n) is 3.40. The third-order valence-electron chi connectivity index (χ3n) is 4.87. The molecule has 2 aromatic carbocycles. The first kappa shape index (κ1) is 21.1. The van der Waals surface area contributed by atoms with Crippen LogP contribution in [-0.4, -0.2) is 30.1 Å². The van der Waals surface area contributed by atoms with Crippen LogP contribution in [0.4, 0.5) is 10.8 Å². The van der Waals surface area contributed by atoms with Crippen molar-refractivity contribution in [2.75, 3.05) is 11.2 Å². The summed E-state index contributed by atoms with van der Waals surface area (Å²) in [6, 6.07) is 18.2. The molecule has 7 nitrogen and oxygen atoms in total. The molecule has 9 heteroatoms. The molecule has 4 rings (SSSR count). The number of sulfonamides is 1. The number of anilines is 2. The maximum atomic E-state index is 12.4. The van der Waals surface area contributed by atoms with E-state index >= 15 is 0 Å². The molecule has 2 heterocycles. The number of fused-ring (bicyclic) bond motifs is 1. The molecule has 0 unspecified atom stereocenters. The highest BCUT2D eigenvalue weighted by molar-refractivity contribution is 7.89. The second kappa shape index (κ2) is 8.16. The average molecular weight is 455 g/mol. The fourth-order valence-corrected chi connectivity index (χ4v) is 4.76. The number of carbonyl (C=O) groups is 1. The summed E-state index contributed by atoms with van der Waals surface area (Å²) >= 11 is 1.36. The van der Waals surface area contributed by atoms with Gasteiger partial charge in [-0.05, 0) is 36.8 Å².